The third kappa shape index (κ3) is 3.36. The van der Waals surface area contributed by atoms with Gasteiger partial charge in [0.05, 0.1) is 6.54 Å². The number of nitrogens with zero attached hydrogens (tertiary/aromatic N) is 3. The molecule has 8 heteroatoms. The Morgan fingerprint density at radius 1 is 1.22 bits per heavy atom. The van der Waals surface area contributed by atoms with Gasteiger partial charge in [0.15, 0.2) is 0 Å². The summed E-state index contributed by atoms with van der Waals surface area (Å²) in [4.78, 5) is 29.4. The molecule has 0 unspecified atom stereocenters. The molecule has 2 aromatic rings. The molecule has 1 spiro atoms. The minimum Gasteiger partial charge on any atom is -0.403 e. The van der Waals surface area contributed by atoms with Gasteiger partial charge in [0, 0.05) is 18.8 Å². The van der Waals surface area contributed by atoms with E-state index in [1.165, 1.54) is 12.8 Å². The molecule has 3 fully saturated rings. The van der Waals surface area contributed by atoms with Gasteiger partial charge in [-0.1, -0.05) is 5.10 Å². The van der Waals surface area contributed by atoms with Crippen LogP contribution >= 0.6 is 0 Å². The van der Waals surface area contributed by atoms with Crippen LogP contribution in [-0.2, 0) is 4.79 Å². The summed E-state index contributed by atoms with van der Waals surface area (Å²) in [6.45, 7) is 1.78. The number of piperidine rings is 1. The maximum atomic E-state index is 12.4. The number of carbonyl (C=O) groups is 1. The molecule has 27 heavy (non-hydrogen) atoms. The van der Waals surface area contributed by atoms with Crippen LogP contribution in [0.5, 0.6) is 0 Å². The molecule has 2 N–H and O–H groups in total. The number of likely N-dealkylation sites (tertiary alicyclic amines) is 1. The number of nitrogens with one attached hydrogen (secondary N) is 2. The zero-order valence-corrected chi connectivity index (χ0v) is 15.2. The van der Waals surface area contributed by atoms with Gasteiger partial charge in [0.1, 0.15) is 5.56 Å². The number of hydrogen-bond donors (Lipinski definition) is 2. The Morgan fingerprint density at radius 3 is 2.67 bits per heavy atom. The zero-order valence-electron chi connectivity index (χ0n) is 15.2. The lowest BCUT2D eigenvalue weighted by Gasteiger charge is -2.32. The van der Waals surface area contributed by atoms with Crippen LogP contribution in [0, 0.1) is 5.41 Å². The van der Waals surface area contributed by atoms with Gasteiger partial charge in [0.2, 0.25) is 5.91 Å². The Balaban J connectivity index is 1.19. The molecule has 8 nitrogen and oxygen atoms in total. The predicted octanol–water partition coefficient (Wildman–Crippen LogP) is 2.12. The number of carbonyl (C=O) groups excluding carboxylic acids is 1. The van der Waals surface area contributed by atoms with Crippen molar-refractivity contribution in [1.29, 1.82) is 0 Å². The van der Waals surface area contributed by atoms with E-state index < -0.39 is 0 Å². The first-order valence-corrected chi connectivity index (χ1v) is 9.71. The van der Waals surface area contributed by atoms with Crippen molar-refractivity contribution >= 4 is 11.9 Å². The van der Waals surface area contributed by atoms with Crippen molar-refractivity contribution in [3.05, 3.63) is 28.2 Å². The van der Waals surface area contributed by atoms with E-state index in [0.29, 0.717) is 16.9 Å². The summed E-state index contributed by atoms with van der Waals surface area (Å²) in [6, 6.07) is 3.77. The van der Waals surface area contributed by atoms with E-state index in [1.807, 2.05) is 11.0 Å². The molecule has 1 saturated heterocycles. The number of H-pyrrole nitrogens is 1. The second-order valence-corrected chi connectivity index (χ2v) is 8.08. The lowest BCUT2D eigenvalue weighted by Crippen LogP contribution is -2.41. The molecule has 2 aliphatic carbocycles. The second kappa shape index (κ2) is 6.21. The van der Waals surface area contributed by atoms with E-state index in [-0.39, 0.29) is 29.9 Å². The van der Waals surface area contributed by atoms with E-state index in [9.17, 15) is 9.59 Å². The highest BCUT2D eigenvalue weighted by Gasteiger charge is 2.45. The van der Waals surface area contributed by atoms with E-state index in [4.69, 9.17) is 4.42 Å². The van der Waals surface area contributed by atoms with Crippen molar-refractivity contribution in [2.24, 2.45) is 5.41 Å². The molecule has 0 aromatic carbocycles. The lowest BCUT2D eigenvalue weighted by atomic mass is 9.94. The van der Waals surface area contributed by atoms with Crippen molar-refractivity contribution < 1.29 is 9.21 Å². The third-order valence-electron chi connectivity index (χ3n) is 6.13. The normalized spacial score (nSPS) is 20.7. The third-order valence-corrected chi connectivity index (χ3v) is 6.13. The molecule has 5 rings (SSSR count). The van der Waals surface area contributed by atoms with Crippen molar-refractivity contribution in [3.8, 4) is 11.5 Å². The first-order valence-electron chi connectivity index (χ1n) is 9.71. The summed E-state index contributed by atoms with van der Waals surface area (Å²) in [7, 11) is 0. The van der Waals surface area contributed by atoms with Gasteiger partial charge in [-0.25, -0.2) is 0 Å². The molecular weight excluding hydrogens is 346 g/mol. The molecule has 1 aliphatic heterocycles. The molecule has 3 heterocycles. The number of aromatic nitrogens is 3. The van der Waals surface area contributed by atoms with Crippen LogP contribution in [-0.4, -0.2) is 45.6 Å². The van der Waals surface area contributed by atoms with Crippen LogP contribution in [0.4, 0.5) is 6.01 Å². The van der Waals surface area contributed by atoms with Crippen LogP contribution in [0.3, 0.4) is 0 Å². The minimum atomic E-state index is -0.229. The van der Waals surface area contributed by atoms with Crippen molar-refractivity contribution in [3.63, 3.8) is 0 Å². The van der Waals surface area contributed by atoms with Crippen LogP contribution in [0.1, 0.15) is 50.1 Å². The Morgan fingerprint density at radius 2 is 2.00 bits per heavy atom. The highest BCUT2D eigenvalue weighted by molar-refractivity contribution is 5.80. The Hall–Kier alpha value is -2.64. The number of anilines is 1. The second-order valence-electron chi connectivity index (χ2n) is 8.08. The van der Waals surface area contributed by atoms with Crippen molar-refractivity contribution in [2.75, 3.05) is 25.0 Å². The van der Waals surface area contributed by atoms with Crippen LogP contribution in [0.15, 0.2) is 21.3 Å². The monoisotopic (exact) mass is 369 g/mol. The fourth-order valence-corrected chi connectivity index (χ4v) is 3.86. The number of amides is 1. The predicted molar refractivity (Wildman–Crippen MR) is 98.3 cm³/mol. The SMILES string of the molecule is O=C(CNc1nnc(-c2ccc(C3CC3)[nH]c2=O)o1)N1CCC2(CC1)CC2. The van der Waals surface area contributed by atoms with E-state index in [2.05, 4.69) is 20.5 Å². The first-order chi connectivity index (χ1) is 13.1. The van der Waals surface area contributed by atoms with E-state index >= 15 is 0 Å². The Bertz CT molecular complexity index is 915. The summed E-state index contributed by atoms with van der Waals surface area (Å²) < 4.78 is 5.52. The zero-order chi connectivity index (χ0) is 18.4. The van der Waals surface area contributed by atoms with Crippen LogP contribution in [0.2, 0.25) is 0 Å². The average Bonchev–Trinajstić information content (AvgIpc) is 3.60. The smallest absolute Gasteiger partial charge is 0.316 e. The van der Waals surface area contributed by atoms with Gasteiger partial charge in [-0.2, -0.15) is 0 Å². The van der Waals surface area contributed by atoms with E-state index in [1.54, 1.807) is 6.07 Å². The molecule has 0 bridgehead atoms. The van der Waals surface area contributed by atoms with Gasteiger partial charge in [-0.15, -0.1) is 5.10 Å². The molecule has 0 radical (unpaired) electrons. The number of rotatable bonds is 5. The standard InChI is InChI=1S/C19H23N5O3/c25-15(24-9-7-19(5-6-19)8-10-24)11-20-18-23-22-17(27-18)13-3-4-14(12-1-2-12)21-16(13)26/h3-4,12H,1-2,5-11H2,(H,20,23)(H,21,26). The highest BCUT2D eigenvalue weighted by Crippen LogP contribution is 2.53. The largest absolute Gasteiger partial charge is 0.403 e. The fourth-order valence-electron chi connectivity index (χ4n) is 3.86. The summed E-state index contributed by atoms with van der Waals surface area (Å²) in [6.07, 6.45) is 7.11. The summed E-state index contributed by atoms with van der Waals surface area (Å²) in [5.41, 5.74) is 1.63. The molecule has 1 amide bonds. The minimum absolute atomic E-state index is 0.0388. The molecule has 0 atom stereocenters. The topological polar surface area (TPSA) is 104 Å². The van der Waals surface area contributed by atoms with Gasteiger partial charge >= 0.3 is 6.01 Å². The number of aromatic amines is 1. The van der Waals surface area contributed by atoms with Crippen molar-refractivity contribution in [2.45, 2.75) is 44.4 Å². The van der Waals surface area contributed by atoms with Crippen LogP contribution in [0.25, 0.3) is 11.5 Å². The van der Waals surface area contributed by atoms with Gasteiger partial charge in [-0.05, 0) is 62.0 Å². The Kier molecular flexibility index (Phi) is 3.80. The molecule has 142 valence electrons. The molecular formula is C19H23N5O3. The molecule has 2 aromatic heterocycles. The molecule has 3 aliphatic rings. The Labute approximate surface area is 156 Å². The van der Waals surface area contributed by atoms with Crippen LogP contribution < -0.4 is 10.9 Å². The van der Waals surface area contributed by atoms with Gasteiger partial charge in [0.25, 0.3) is 11.4 Å². The van der Waals surface area contributed by atoms with Gasteiger partial charge in [-0.3, -0.25) is 9.59 Å². The van der Waals surface area contributed by atoms with Crippen molar-refractivity contribution in [1.82, 2.24) is 20.1 Å². The number of pyridine rings is 1. The maximum absolute atomic E-state index is 12.4. The fraction of sp³-hybridized carbons (Fsp3) is 0.579. The summed E-state index contributed by atoms with van der Waals surface area (Å²) >= 11 is 0. The highest BCUT2D eigenvalue weighted by atomic mass is 16.4. The summed E-state index contributed by atoms with van der Waals surface area (Å²) in [5, 5.41) is 10.7. The number of hydrogen-bond acceptors (Lipinski definition) is 6. The average molecular weight is 369 g/mol. The first kappa shape index (κ1) is 16.5. The van der Waals surface area contributed by atoms with E-state index in [0.717, 1.165) is 44.5 Å². The van der Waals surface area contributed by atoms with Gasteiger partial charge < -0.3 is 19.6 Å². The summed E-state index contributed by atoms with van der Waals surface area (Å²) in [5.74, 6) is 0.668. The lowest BCUT2D eigenvalue weighted by molar-refractivity contribution is -0.130. The quantitative estimate of drug-likeness (QED) is 0.837. The maximum Gasteiger partial charge on any atom is 0.316 e. The molecule has 2 saturated carbocycles.